The molecule has 34 heavy (non-hydrogen) atoms. The van der Waals surface area contributed by atoms with Crippen LogP contribution in [0.4, 0.5) is 5.13 Å². The third-order valence-corrected chi connectivity index (χ3v) is 6.69. The van der Waals surface area contributed by atoms with E-state index in [1.165, 1.54) is 11.3 Å². The van der Waals surface area contributed by atoms with Gasteiger partial charge in [-0.3, -0.25) is 9.69 Å². The summed E-state index contributed by atoms with van der Waals surface area (Å²) in [4.78, 5) is 22.9. The molecule has 0 radical (unpaired) electrons. The fourth-order valence-corrected chi connectivity index (χ4v) is 4.95. The second kappa shape index (κ2) is 10.4. The summed E-state index contributed by atoms with van der Waals surface area (Å²) in [6.07, 6.45) is 0. The van der Waals surface area contributed by atoms with Gasteiger partial charge in [0, 0.05) is 25.2 Å². The number of ether oxygens (including phenoxy) is 2. The molecule has 0 N–H and O–H groups in total. The van der Waals surface area contributed by atoms with Gasteiger partial charge in [-0.25, -0.2) is 4.98 Å². The van der Waals surface area contributed by atoms with Crippen LogP contribution in [0.3, 0.4) is 0 Å². The maximum atomic E-state index is 14.2. The van der Waals surface area contributed by atoms with Crippen LogP contribution in [-0.4, -0.2) is 49.8 Å². The number of thiazole rings is 1. The fourth-order valence-electron chi connectivity index (χ4n) is 3.95. The molecule has 0 bridgehead atoms. The second-order valence-corrected chi connectivity index (χ2v) is 9.23. The molecule has 5 rings (SSSR count). The number of hydrogen-bond donors (Lipinski definition) is 0. The van der Waals surface area contributed by atoms with E-state index in [-0.39, 0.29) is 25.1 Å². The zero-order valence-electron chi connectivity index (χ0n) is 19.0. The third-order valence-electron chi connectivity index (χ3n) is 5.65. The minimum Gasteiger partial charge on any atom is -0.454 e. The van der Waals surface area contributed by atoms with Crippen LogP contribution in [0.15, 0.2) is 72.8 Å². The van der Waals surface area contributed by atoms with Crippen molar-refractivity contribution < 1.29 is 14.3 Å². The number of nitrogens with zero attached hydrogens (tertiary/aromatic N) is 3. The van der Waals surface area contributed by atoms with E-state index in [0.717, 1.165) is 33.6 Å². The van der Waals surface area contributed by atoms with Crippen molar-refractivity contribution in [2.24, 2.45) is 0 Å². The van der Waals surface area contributed by atoms with Crippen molar-refractivity contribution in [3.63, 3.8) is 0 Å². The van der Waals surface area contributed by atoms with Gasteiger partial charge in [0.05, 0.1) is 16.1 Å². The van der Waals surface area contributed by atoms with Gasteiger partial charge in [0.2, 0.25) is 12.7 Å². The number of rotatable bonds is 7. The monoisotopic (exact) mass is 495 g/mol. The van der Waals surface area contributed by atoms with Crippen molar-refractivity contribution in [2.45, 2.75) is 5.92 Å². The molecule has 0 saturated heterocycles. The first-order valence-corrected chi connectivity index (χ1v) is 11.7. The Hall–Kier alpha value is -3.13. The first kappa shape index (κ1) is 24.0. The molecule has 6 nitrogen and oxygen atoms in total. The van der Waals surface area contributed by atoms with E-state index >= 15 is 0 Å². The van der Waals surface area contributed by atoms with Gasteiger partial charge in [-0.1, -0.05) is 72.0 Å². The van der Waals surface area contributed by atoms with Gasteiger partial charge in [0.25, 0.3) is 0 Å². The van der Waals surface area contributed by atoms with Crippen molar-refractivity contribution in [1.82, 2.24) is 9.88 Å². The Kier molecular flexibility index (Phi) is 7.36. The Labute approximate surface area is 209 Å². The van der Waals surface area contributed by atoms with Gasteiger partial charge < -0.3 is 14.4 Å². The summed E-state index contributed by atoms with van der Waals surface area (Å²) >= 11 is 1.50. The summed E-state index contributed by atoms with van der Waals surface area (Å²) in [5, 5.41) is 0.678. The van der Waals surface area contributed by atoms with Gasteiger partial charge in [0.15, 0.2) is 16.6 Å². The number of carbonyl (C=O) groups is 1. The van der Waals surface area contributed by atoms with Crippen molar-refractivity contribution in [2.75, 3.05) is 38.9 Å². The maximum absolute atomic E-state index is 14.2. The van der Waals surface area contributed by atoms with Crippen molar-refractivity contribution in [1.29, 1.82) is 0 Å². The molecule has 176 valence electrons. The zero-order valence-corrected chi connectivity index (χ0v) is 20.6. The molecular weight excluding hydrogens is 470 g/mol. The molecule has 1 amide bonds. The van der Waals surface area contributed by atoms with Crippen LogP contribution < -0.4 is 14.4 Å². The van der Waals surface area contributed by atoms with Gasteiger partial charge in [-0.15, -0.1) is 12.4 Å². The van der Waals surface area contributed by atoms with Crippen LogP contribution in [-0.2, 0) is 4.79 Å². The van der Waals surface area contributed by atoms with Gasteiger partial charge in [0.1, 0.15) is 0 Å². The Morgan fingerprint density at radius 3 is 2.12 bits per heavy atom. The molecule has 4 aromatic rings. The van der Waals surface area contributed by atoms with Crippen molar-refractivity contribution >= 4 is 45.0 Å². The van der Waals surface area contributed by atoms with E-state index in [1.807, 2.05) is 91.8 Å². The minimum absolute atomic E-state index is 0. The number of amides is 1. The fraction of sp³-hybridized carbons (Fsp3) is 0.231. The van der Waals surface area contributed by atoms with Crippen LogP contribution in [0.5, 0.6) is 11.5 Å². The molecule has 3 aromatic carbocycles. The largest absolute Gasteiger partial charge is 0.454 e. The lowest BCUT2D eigenvalue weighted by Crippen LogP contribution is -2.40. The first-order chi connectivity index (χ1) is 16.1. The number of benzene rings is 3. The van der Waals surface area contributed by atoms with Gasteiger partial charge in [-0.05, 0) is 25.2 Å². The van der Waals surface area contributed by atoms with Gasteiger partial charge >= 0.3 is 0 Å². The topological polar surface area (TPSA) is 54.9 Å². The molecule has 0 saturated carbocycles. The highest BCUT2D eigenvalue weighted by Crippen LogP contribution is 2.40. The van der Waals surface area contributed by atoms with Crippen molar-refractivity contribution in [3.05, 3.63) is 83.9 Å². The molecule has 0 spiro atoms. The highest BCUT2D eigenvalue weighted by molar-refractivity contribution is 7.22. The third kappa shape index (κ3) is 4.87. The van der Waals surface area contributed by atoms with Crippen molar-refractivity contribution in [3.8, 4) is 11.5 Å². The zero-order chi connectivity index (χ0) is 22.8. The number of hydrogen-bond acceptors (Lipinski definition) is 6. The van der Waals surface area contributed by atoms with Gasteiger partial charge in [-0.2, -0.15) is 0 Å². The lowest BCUT2D eigenvalue weighted by Gasteiger charge is -2.27. The van der Waals surface area contributed by atoms with Crippen LogP contribution in [0.25, 0.3) is 10.2 Å². The van der Waals surface area contributed by atoms with Crippen LogP contribution >= 0.6 is 23.7 Å². The normalized spacial score (nSPS) is 12.2. The SMILES string of the molecule is CN(C)CCN(C(=O)C(c1ccccc1)c1ccccc1)c1nc2cc3c(cc2s1)OCO3.Cl. The summed E-state index contributed by atoms with van der Waals surface area (Å²) in [6, 6.07) is 23.7. The predicted molar refractivity (Wildman–Crippen MR) is 139 cm³/mol. The summed E-state index contributed by atoms with van der Waals surface area (Å²) < 4.78 is 12.0. The van der Waals surface area contributed by atoms with E-state index in [4.69, 9.17) is 14.5 Å². The number of carbonyl (C=O) groups excluding carboxylic acids is 1. The van der Waals surface area contributed by atoms with E-state index in [0.29, 0.717) is 17.4 Å². The molecular formula is C26H26ClN3O3S. The summed E-state index contributed by atoms with van der Waals surface area (Å²) in [5.41, 5.74) is 2.73. The van der Waals surface area contributed by atoms with E-state index in [1.54, 1.807) is 0 Å². The molecule has 0 unspecified atom stereocenters. The number of fused-ring (bicyclic) bond motifs is 2. The highest BCUT2D eigenvalue weighted by Gasteiger charge is 2.30. The van der Waals surface area contributed by atoms with Crippen LogP contribution in [0, 0.1) is 0 Å². The number of aromatic nitrogens is 1. The number of anilines is 1. The smallest absolute Gasteiger partial charge is 0.240 e. The van der Waals surface area contributed by atoms with E-state index in [9.17, 15) is 4.79 Å². The maximum Gasteiger partial charge on any atom is 0.240 e. The number of likely N-dealkylation sites (N-methyl/N-ethyl adjacent to an activating group) is 1. The van der Waals surface area contributed by atoms with E-state index in [2.05, 4.69) is 4.90 Å². The first-order valence-electron chi connectivity index (χ1n) is 10.9. The molecule has 1 aliphatic heterocycles. The molecule has 1 aliphatic rings. The molecule has 0 atom stereocenters. The number of halogens is 1. The van der Waals surface area contributed by atoms with E-state index < -0.39 is 5.92 Å². The lowest BCUT2D eigenvalue weighted by atomic mass is 9.90. The summed E-state index contributed by atoms with van der Waals surface area (Å²) in [7, 11) is 4.01. The Balaban J connectivity index is 0.00000274. The standard InChI is InChI=1S/C26H25N3O3S.ClH/c1-28(2)13-14-29(26-27-20-15-21-22(32-17-31-21)16-23(20)33-26)25(30)24(18-9-5-3-6-10-18)19-11-7-4-8-12-19;/h3-12,15-16,24H,13-14,17H2,1-2H3;1H. The average molecular weight is 496 g/mol. The molecule has 0 fully saturated rings. The quantitative estimate of drug-likeness (QED) is 0.354. The molecule has 0 aliphatic carbocycles. The van der Waals surface area contributed by atoms with Crippen LogP contribution in [0.2, 0.25) is 0 Å². The Morgan fingerprint density at radius 2 is 1.53 bits per heavy atom. The summed E-state index contributed by atoms with van der Waals surface area (Å²) in [6.45, 7) is 1.48. The second-order valence-electron chi connectivity index (χ2n) is 8.22. The predicted octanol–water partition coefficient (Wildman–Crippen LogP) is 5.17. The highest BCUT2D eigenvalue weighted by atomic mass is 35.5. The Morgan fingerprint density at radius 1 is 0.941 bits per heavy atom. The Bertz CT molecular complexity index is 1180. The minimum atomic E-state index is -0.418. The molecule has 8 heteroatoms. The molecule has 1 aromatic heterocycles. The molecule has 2 heterocycles. The van der Waals surface area contributed by atoms with Crippen LogP contribution in [0.1, 0.15) is 17.0 Å². The summed E-state index contributed by atoms with van der Waals surface area (Å²) in [5.74, 6) is 0.999. The average Bonchev–Trinajstić information content (AvgIpc) is 3.45. The lowest BCUT2D eigenvalue weighted by molar-refractivity contribution is -0.119.